The minimum Gasteiger partial charge on any atom is -0.450 e. The van der Waals surface area contributed by atoms with Gasteiger partial charge >= 0.3 is 5.97 Å². The molecule has 5 heteroatoms. The summed E-state index contributed by atoms with van der Waals surface area (Å²) in [6.07, 6.45) is 4.21. The van der Waals surface area contributed by atoms with E-state index in [1.165, 1.54) is 5.56 Å². The van der Waals surface area contributed by atoms with Gasteiger partial charge in [-0.2, -0.15) is 0 Å². The molecule has 3 rings (SSSR count). The van der Waals surface area contributed by atoms with Crippen LogP contribution in [0.3, 0.4) is 0 Å². The normalized spacial score (nSPS) is 18.9. The first-order valence-corrected chi connectivity index (χ1v) is 11.0. The molecule has 1 amide bonds. The van der Waals surface area contributed by atoms with Crippen LogP contribution < -0.4 is 0 Å². The number of hydrogen-bond acceptors (Lipinski definition) is 4. The third kappa shape index (κ3) is 4.72. The Morgan fingerprint density at radius 1 is 1.10 bits per heavy atom. The molecule has 1 aromatic carbocycles. The van der Waals surface area contributed by atoms with E-state index in [2.05, 4.69) is 43.0 Å². The van der Waals surface area contributed by atoms with Crippen molar-refractivity contribution in [2.45, 2.75) is 58.5 Å². The smallest absolute Gasteiger partial charge is 0.335 e. The molecule has 0 aliphatic carbocycles. The minimum atomic E-state index is -0.735. The van der Waals surface area contributed by atoms with Crippen LogP contribution >= 0.6 is 0 Å². The molecule has 0 atom stereocenters. The number of carbonyl (C=O) groups is 2. The largest absolute Gasteiger partial charge is 0.450 e. The van der Waals surface area contributed by atoms with Gasteiger partial charge in [0.1, 0.15) is 5.60 Å². The third-order valence-corrected chi connectivity index (χ3v) is 6.14. The van der Waals surface area contributed by atoms with E-state index in [9.17, 15) is 9.59 Å². The Bertz CT molecular complexity index is 743. The molecule has 2 aliphatic heterocycles. The number of hydrogen-bond donors (Lipinski definition) is 0. The first kappa shape index (κ1) is 21.6. The Labute approximate surface area is 174 Å². The summed E-state index contributed by atoms with van der Waals surface area (Å²) in [7, 11) is 0. The lowest BCUT2D eigenvalue weighted by molar-refractivity contribution is -0.151. The lowest BCUT2D eigenvalue weighted by Gasteiger charge is -2.40. The summed E-state index contributed by atoms with van der Waals surface area (Å²) < 4.78 is 5.87. The summed E-state index contributed by atoms with van der Waals surface area (Å²) in [5.74, 6) is -0.325. The number of benzene rings is 1. The Kier molecular flexibility index (Phi) is 7.12. The van der Waals surface area contributed by atoms with Crippen molar-refractivity contribution in [2.75, 3.05) is 32.7 Å². The topological polar surface area (TPSA) is 49.9 Å². The maximum absolute atomic E-state index is 13.4. The summed E-state index contributed by atoms with van der Waals surface area (Å²) in [4.78, 5) is 30.1. The maximum atomic E-state index is 13.4. The highest BCUT2D eigenvalue weighted by molar-refractivity contribution is 6.07. The molecule has 0 unspecified atom stereocenters. The number of rotatable bonds is 8. The highest BCUT2D eigenvalue weighted by Gasteiger charge is 2.51. The summed E-state index contributed by atoms with van der Waals surface area (Å²) in [5, 5.41) is 0. The standard InChI is InChI=1S/C24H34N2O3/c1-4-14-26(15-5-2)22(27)21-19(3)23(28)29-24(21)12-17-25(18-13-24)16-11-20-9-7-6-8-10-20/h6-10H,4-5,11-18H2,1-3H3. The van der Waals surface area contributed by atoms with E-state index in [1.807, 2.05) is 11.0 Å². The van der Waals surface area contributed by atoms with Gasteiger partial charge in [-0.05, 0) is 31.7 Å². The van der Waals surface area contributed by atoms with Crippen LogP contribution in [0.4, 0.5) is 0 Å². The van der Waals surface area contributed by atoms with Gasteiger partial charge in [-0.25, -0.2) is 4.79 Å². The molecular formula is C24H34N2O3. The number of carbonyl (C=O) groups excluding carboxylic acids is 2. The Balaban J connectivity index is 1.69. The number of ether oxygens (including phenoxy) is 1. The zero-order valence-corrected chi connectivity index (χ0v) is 18.1. The quantitative estimate of drug-likeness (QED) is 0.628. The van der Waals surface area contributed by atoms with Gasteiger partial charge < -0.3 is 14.5 Å². The average molecular weight is 399 g/mol. The molecule has 29 heavy (non-hydrogen) atoms. The predicted molar refractivity (Wildman–Crippen MR) is 115 cm³/mol. The van der Waals surface area contributed by atoms with Crippen molar-refractivity contribution < 1.29 is 14.3 Å². The fourth-order valence-corrected chi connectivity index (χ4v) is 4.54. The van der Waals surface area contributed by atoms with Gasteiger partial charge in [-0.1, -0.05) is 44.2 Å². The van der Waals surface area contributed by atoms with Crippen molar-refractivity contribution in [3.8, 4) is 0 Å². The van der Waals surface area contributed by atoms with Gasteiger partial charge in [0.2, 0.25) is 0 Å². The molecule has 1 fully saturated rings. The average Bonchev–Trinajstić information content (AvgIpc) is 2.97. The van der Waals surface area contributed by atoms with E-state index in [0.29, 0.717) is 24.0 Å². The SMILES string of the molecule is CCCN(CCC)C(=O)C1=C(C)C(=O)OC12CCN(CCc1ccccc1)CC2. The van der Waals surface area contributed by atoms with Crippen molar-refractivity contribution in [3.05, 3.63) is 47.0 Å². The molecule has 2 heterocycles. The molecule has 0 radical (unpaired) electrons. The lowest BCUT2D eigenvalue weighted by Crippen LogP contribution is -2.50. The lowest BCUT2D eigenvalue weighted by atomic mass is 9.82. The molecule has 158 valence electrons. The molecule has 1 spiro atoms. The van der Waals surface area contributed by atoms with Gasteiger partial charge in [-0.15, -0.1) is 0 Å². The number of esters is 1. The van der Waals surface area contributed by atoms with E-state index in [0.717, 1.165) is 52.0 Å². The third-order valence-electron chi connectivity index (χ3n) is 6.14. The van der Waals surface area contributed by atoms with Gasteiger partial charge in [0, 0.05) is 51.1 Å². The molecule has 1 saturated heterocycles. The van der Waals surface area contributed by atoms with Gasteiger partial charge in [-0.3, -0.25) is 4.79 Å². The van der Waals surface area contributed by atoms with Crippen LogP contribution in [-0.2, 0) is 20.7 Å². The Hall–Kier alpha value is -2.14. The van der Waals surface area contributed by atoms with Crippen molar-refractivity contribution in [1.29, 1.82) is 0 Å². The van der Waals surface area contributed by atoms with E-state index < -0.39 is 5.60 Å². The number of piperidine rings is 1. The predicted octanol–water partition coefficient (Wildman–Crippen LogP) is 3.59. The van der Waals surface area contributed by atoms with E-state index in [4.69, 9.17) is 4.74 Å². The van der Waals surface area contributed by atoms with Gasteiger partial charge in [0.25, 0.3) is 5.91 Å². The van der Waals surface area contributed by atoms with Crippen LogP contribution in [0.25, 0.3) is 0 Å². The number of likely N-dealkylation sites (tertiary alicyclic amines) is 1. The summed E-state index contributed by atoms with van der Waals surface area (Å²) in [6, 6.07) is 10.5. The Morgan fingerprint density at radius 3 is 2.31 bits per heavy atom. The van der Waals surface area contributed by atoms with Crippen LogP contribution in [0, 0.1) is 0 Å². The Morgan fingerprint density at radius 2 is 1.72 bits per heavy atom. The van der Waals surface area contributed by atoms with E-state index in [-0.39, 0.29) is 11.9 Å². The fourth-order valence-electron chi connectivity index (χ4n) is 4.54. The van der Waals surface area contributed by atoms with Crippen molar-refractivity contribution in [3.63, 3.8) is 0 Å². The number of amides is 1. The molecule has 1 aromatic rings. The molecule has 5 nitrogen and oxygen atoms in total. The van der Waals surface area contributed by atoms with Crippen LogP contribution in [0.1, 0.15) is 52.0 Å². The molecular weight excluding hydrogens is 364 g/mol. The van der Waals surface area contributed by atoms with E-state index >= 15 is 0 Å². The fraction of sp³-hybridized carbons (Fsp3) is 0.583. The minimum absolute atomic E-state index is 0.00483. The second-order valence-electron chi connectivity index (χ2n) is 8.25. The van der Waals surface area contributed by atoms with Crippen molar-refractivity contribution >= 4 is 11.9 Å². The second kappa shape index (κ2) is 9.57. The van der Waals surface area contributed by atoms with Crippen LogP contribution in [0.15, 0.2) is 41.5 Å². The zero-order valence-electron chi connectivity index (χ0n) is 18.1. The maximum Gasteiger partial charge on any atom is 0.335 e. The summed E-state index contributed by atoms with van der Waals surface area (Å²) >= 11 is 0. The molecule has 2 aliphatic rings. The second-order valence-corrected chi connectivity index (χ2v) is 8.25. The highest BCUT2D eigenvalue weighted by Crippen LogP contribution is 2.41. The van der Waals surface area contributed by atoms with Gasteiger partial charge in [0.15, 0.2) is 0 Å². The first-order valence-electron chi connectivity index (χ1n) is 11.0. The first-order chi connectivity index (χ1) is 14.0. The van der Waals surface area contributed by atoms with Crippen molar-refractivity contribution in [1.82, 2.24) is 9.80 Å². The van der Waals surface area contributed by atoms with E-state index in [1.54, 1.807) is 6.92 Å². The molecule has 0 saturated carbocycles. The van der Waals surface area contributed by atoms with Crippen molar-refractivity contribution in [2.24, 2.45) is 0 Å². The van der Waals surface area contributed by atoms with Crippen LogP contribution in [0.5, 0.6) is 0 Å². The zero-order chi connectivity index (χ0) is 20.9. The molecule has 0 N–H and O–H groups in total. The van der Waals surface area contributed by atoms with Gasteiger partial charge in [0.05, 0.1) is 5.57 Å². The molecule has 0 aromatic heterocycles. The van der Waals surface area contributed by atoms with Crippen LogP contribution in [-0.4, -0.2) is 60.0 Å². The summed E-state index contributed by atoms with van der Waals surface area (Å²) in [5.41, 5.74) is 1.72. The summed E-state index contributed by atoms with van der Waals surface area (Å²) in [6.45, 7) is 10.0. The monoisotopic (exact) mass is 398 g/mol. The number of nitrogens with zero attached hydrogens (tertiary/aromatic N) is 2. The highest BCUT2D eigenvalue weighted by atomic mass is 16.6. The molecule has 0 bridgehead atoms. The van der Waals surface area contributed by atoms with Crippen LogP contribution in [0.2, 0.25) is 0 Å².